The summed E-state index contributed by atoms with van der Waals surface area (Å²) < 4.78 is 9.81. The Kier molecular flexibility index (Phi) is 4.30. The van der Waals surface area contributed by atoms with Crippen molar-refractivity contribution < 1.29 is 19.1 Å². The fourth-order valence-corrected chi connectivity index (χ4v) is 2.16. The minimum absolute atomic E-state index is 0.123. The maximum Gasteiger partial charge on any atom is 0.343 e. The van der Waals surface area contributed by atoms with E-state index in [4.69, 9.17) is 4.74 Å². The highest BCUT2D eigenvalue weighted by Crippen LogP contribution is 2.22. The van der Waals surface area contributed by atoms with E-state index >= 15 is 0 Å². The fourth-order valence-electron chi connectivity index (χ4n) is 1.52. The van der Waals surface area contributed by atoms with Crippen LogP contribution in [0.15, 0.2) is 41.1 Å². The molecule has 5 heteroatoms. The highest BCUT2D eigenvalue weighted by molar-refractivity contribution is 7.08. The molecule has 0 N–H and O–H groups in total. The van der Waals surface area contributed by atoms with E-state index in [0.717, 1.165) is 0 Å². The van der Waals surface area contributed by atoms with Crippen LogP contribution < -0.4 is 4.74 Å². The van der Waals surface area contributed by atoms with Crippen LogP contribution in [-0.2, 0) is 9.53 Å². The van der Waals surface area contributed by atoms with E-state index in [0.29, 0.717) is 16.9 Å². The van der Waals surface area contributed by atoms with Crippen molar-refractivity contribution in [2.24, 2.45) is 0 Å². The Labute approximate surface area is 114 Å². The smallest absolute Gasteiger partial charge is 0.343 e. The van der Waals surface area contributed by atoms with Crippen LogP contribution in [0.4, 0.5) is 0 Å². The zero-order chi connectivity index (χ0) is 13.7. The molecule has 0 amide bonds. The predicted molar refractivity (Wildman–Crippen MR) is 71.7 cm³/mol. The second-order valence-electron chi connectivity index (χ2n) is 3.70. The first-order valence-corrected chi connectivity index (χ1v) is 6.52. The maximum atomic E-state index is 12.3. The van der Waals surface area contributed by atoms with E-state index in [1.54, 1.807) is 35.7 Å². The fraction of sp³-hybridized carbons (Fsp3) is 0.143. The number of hydrogen-bond acceptors (Lipinski definition) is 5. The lowest BCUT2D eigenvalue weighted by molar-refractivity contribution is -0.142. The number of thiophene rings is 1. The van der Waals surface area contributed by atoms with Crippen LogP contribution in [-0.4, -0.2) is 25.5 Å². The first kappa shape index (κ1) is 13.3. The average Bonchev–Trinajstić information content (AvgIpc) is 2.98. The number of ether oxygens (including phenoxy) is 2. The molecule has 0 atom stereocenters. The molecule has 0 aliphatic rings. The zero-order valence-corrected chi connectivity index (χ0v) is 11.1. The Morgan fingerprint density at radius 1 is 1.21 bits per heavy atom. The lowest BCUT2D eigenvalue weighted by atomic mass is 10.1. The van der Waals surface area contributed by atoms with Crippen molar-refractivity contribution in [2.75, 3.05) is 13.7 Å². The Hall–Kier alpha value is -2.14. The highest BCUT2D eigenvalue weighted by atomic mass is 32.1. The van der Waals surface area contributed by atoms with Crippen LogP contribution in [0.1, 0.15) is 15.9 Å². The second kappa shape index (κ2) is 6.15. The predicted octanol–water partition coefficient (Wildman–Crippen LogP) is 2.53. The van der Waals surface area contributed by atoms with Crippen molar-refractivity contribution in [2.45, 2.75) is 0 Å². The summed E-state index contributed by atoms with van der Waals surface area (Å²) in [7, 11) is 1.29. The standard InChI is InChI=1S/C14H12O4S/c1-17-13(15)8-18-12-5-3-2-4-11(12)14(16)10-6-7-19-9-10/h2-7,9H,8H2,1H3. The van der Waals surface area contributed by atoms with Gasteiger partial charge in [0.05, 0.1) is 12.7 Å². The molecule has 0 unspecified atom stereocenters. The van der Waals surface area contributed by atoms with Crippen LogP contribution in [0.5, 0.6) is 5.75 Å². The lowest BCUT2D eigenvalue weighted by Gasteiger charge is -2.09. The summed E-state index contributed by atoms with van der Waals surface area (Å²) in [5.41, 5.74) is 1.05. The van der Waals surface area contributed by atoms with Gasteiger partial charge in [0.15, 0.2) is 12.4 Å². The van der Waals surface area contributed by atoms with E-state index in [1.165, 1.54) is 18.4 Å². The number of para-hydroxylation sites is 1. The number of esters is 1. The molecule has 2 rings (SSSR count). The summed E-state index contributed by atoms with van der Waals surface area (Å²) in [4.78, 5) is 23.3. The van der Waals surface area contributed by atoms with Crippen molar-refractivity contribution in [3.63, 3.8) is 0 Å². The van der Waals surface area contributed by atoms with E-state index in [2.05, 4.69) is 4.74 Å². The van der Waals surface area contributed by atoms with Crippen molar-refractivity contribution in [1.82, 2.24) is 0 Å². The molecule has 1 heterocycles. The Morgan fingerprint density at radius 3 is 2.68 bits per heavy atom. The number of ketones is 1. The van der Waals surface area contributed by atoms with E-state index < -0.39 is 5.97 Å². The normalized spacial score (nSPS) is 9.95. The summed E-state index contributed by atoms with van der Waals surface area (Å²) in [6.07, 6.45) is 0. The van der Waals surface area contributed by atoms with Gasteiger partial charge in [0.2, 0.25) is 0 Å². The van der Waals surface area contributed by atoms with Gasteiger partial charge in [-0.2, -0.15) is 11.3 Å². The SMILES string of the molecule is COC(=O)COc1ccccc1C(=O)c1ccsc1. The molecule has 1 aromatic heterocycles. The quantitative estimate of drug-likeness (QED) is 0.622. The summed E-state index contributed by atoms with van der Waals surface area (Å²) in [6, 6.07) is 8.58. The van der Waals surface area contributed by atoms with Crippen molar-refractivity contribution >= 4 is 23.1 Å². The summed E-state index contributed by atoms with van der Waals surface area (Å²) in [5.74, 6) is -0.233. The monoisotopic (exact) mass is 276 g/mol. The zero-order valence-electron chi connectivity index (χ0n) is 10.3. The minimum atomic E-state index is -0.488. The van der Waals surface area contributed by atoms with Gasteiger partial charge >= 0.3 is 5.97 Å². The summed E-state index contributed by atoms with van der Waals surface area (Å²) in [5, 5.41) is 3.62. The lowest BCUT2D eigenvalue weighted by Crippen LogP contribution is -2.14. The summed E-state index contributed by atoms with van der Waals surface area (Å²) in [6.45, 7) is -0.218. The molecular weight excluding hydrogens is 264 g/mol. The third-order valence-electron chi connectivity index (χ3n) is 2.49. The molecule has 0 aliphatic heterocycles. The van der Waals surface area contributed by atoms with Crippen LogP contribution in [0.25, 0.3) is 0 Å². The van der Waals surface area contributed by atoms with E-state index in [-0.39, 0.29) is 12.4 Å². The van der Waals surface area contributed by atoms with Crippen molar-refractivity contribution in [3.05, 3.63) is 52.2 Å². The number of rotatable bonds is 5. The first-order chi connectivity index (χ1) is 9.22. The van der Waals surface area contributed by atoms with E-state index in [9.17, 15) is 9.59 Å². The Bertz CT molecular complexity index is 575. The van der Waals surface area contributed by atoms with Gasteiger partial charge in [-0.25, -0.2) is 4.79 Å². The van der Waals surface area contributed by atoms with Crippen molar-refractivity contribution in [3.8, 4) is 5.75 Å². The highest BCUT2D eigenvalue weighted by Gasteiger charge is 2.15. The van der Waals surface area contributed by atoms with Crippen LogP contribution in [0, 0.1) is 0 Å². The number of hydrogen-bond donors (Lipinski definition) is 0. The molecule has 2 aromatic rings. The van der Waals surface area contributed by atoms with Gasteiger partial charge in [-0.1, -0.05) is 12.1 Å². The van der Waals surface area contributed by atoms with Crippen LogP contribution in [0.3, 0.4) is 0 Å². The van der Waals surface area contributed by atoms with E-state index in [1.807, 2.05) is 5.38 Å². The number of methoxy groups -OCH3 is 1. The molecule has 0 saturated carbocycles. The van der Waals surface area contributed by atoms with Crippen molar-refractivity contribution in [1.29, 1.82) is 0 Å². The molecule has 4 nitrogen and oxygen atoms in total. The number of benzene rings is 1. The maximum absolute atomic E-state index is 12.3. The Balaban J connectivity index is 2.21. The number of carbonyl (C=O) groups is 2. The molecule has 0 aliphatic carbocycles. The van der Waals surface area contributed by atoms with Crippen LogP contribution in [0.2, 0.25) is 0 Å². The molecule has 19 heavy (non-hydrogen) atoms. The van der Waals surface area contributed by atoms with Gasteiger partial charge in [0.1, 0.15) is 5.75 Å². The summed E-state index contributed by atoms with van der Waals surface area (Å²) >= 11 is 1.45. The van der Waals surface area contributed by atoms with Gasteiger partial charge in [-0.15, -0.1) is 0 Å². The number of carbonyl (C=O) groups excluding carboxylic acids is 2. The largest absolute Gasteiger partial charge is 0.481 e. The third-order valence-corrected chi connectivity index (χ3v) is 3.17. The van der Waals surface area contributed by atoms with Gasteiger partial charge in [0.25, 0.3) is 0 Å². The Morgan fingerprint density at radius 2 is 2.00 bits per heavy atom. The molecule has 1 aromatic carbocycles. The van der Waals surface area contributed by atoms with Crippen LogP contribution >= 0.6 is 11.3 Å². The molecule has 0 spiro atoms. The molecule has 0 fully saturated rings. The minimum Gasteiger partial charge on any atom is -0.481 e. The third kappa shape index (κ3) is 3.20. The van der Waals surface area contributed by atoms with Gasteiger partial charge in [0, 0.05) is 10.9 Å². The second-order valence-corrected chi connectivity index (χ2v) is 4.48. The van der Waals surface area contributed by atoms with Gasteiger partial charge in [-0.3, -0.25) is 4.79 Å². The topological polar surface area (TPSA) is 52.6 Å². The average molecular weight is 276 g/mol. The molecular formula is C14H12O4S. The van der Waals surface area contributed by atoms with Gasteiger partial charge in [-0.05, 0) is 23.6 Å². The molecule has 0 radical (unpaired) electrons. The molecule has 0 saturated heterocycles. The first-order valence-electron chi connectivity index (χ1n) is 5.58. The van der Waals surface area contributed by atoms with Gasteiger partial charge < -0.3 is 9.47 Å². The molecule has 0 bridgehead atoms. The molecule has 98 valence electrons.